The summed E-state index contributed by atoms with van der Waals surface area (Å²) < 4.78 is 2.14. The van der Waals surface area contributed by atoms with E-state index in [1.807, 2.05) is 12.5 Å². The molecule has 3 aromatic heterocycles. The van der Waals surface area contributed by atoms with Gasteiger partial charge in [0.15, 0.2) is 0 Å². The van der Waals surface area contributed by atoms with Crippen molar-refractivity contribution in [1.82, 2.24) is 24.4 Å². The monoisotopic (exact) mass is 382 g/mol. The van der Waals surface area contributed by atoms with Gasteiger partial charge in [-0.15, -0.1) is 11.3 Å². The first kappa shape index (κ1) is 17.1. The zero-order chi connectivity index (χ0) is 18.6. The summed E-state index contributed by atoms with van der Waals surface area (Å²) in [7, 11) is 2.08. The summed E-state index contributed by atoms with van der Waals surface area (Å²) in [6, 6.07) is 2.71. The molecule has 1 atom stereocenters. The van der Waals surface area contributed by atoms with Gasteiger partial charge in [-0.3, -0.25) is 4.90 Å². The van der Waals surface area contributed by atoms with E-state index in [0.29, 0.717) is 11.5 Å². The summed E-state index contributed by atoms with van der Waals surface area (Å²) in [5, 5.41) is 1.23. The van der Waals surface area contributed by atoms with E-state index >= 15 is 0 Å². The lowest BCUT2D eigenvalue weighted by Gasteiger charge is -2.50. The molecule has 0 N–H and O–H groups in total. The van der Waals surface area contributed by atoms with Crippen LogP contribution in [0.25, 0.3) is 10.2 Å². The van der Waals surface area contributed by atoms with Crippen molar-refractivity contribution in [3.05, 3.63) is 35.5 Å². The van der Waals surface area contributed by atoms with Gasteiger partial charge in [-0.1, -0.05) is 6.92 Å². The molecule has 5 rings (SSSR count). The number of fused-ring (bicyclic) bond motifs is 1. The Labute approximate surface area is 163 Å². The Balaban J connectivity index is 1.32. The zero-order valence-electron chi connectivity index (χ0n) is 16.2. The normalized spacial score (nSPS) is 20.5. The molecule has 0 unspecified atom stereocenters. The fourth-order valence-corrected chi connectivity index (χ4v) is 5.67. The quantitative estimate of drug-likeness (QED) is 0.693. The molecule has 1 spiro atoms. The van der Waals surface area contributed by atoms with Crippen LogP contribution >= 0.6 is 11.3 Å². The second-order valence-corrected chi connectivity index (χ2v) is 9.28. The minimum absolute atomic E-state index is 0.410. The highest BCUT2D eigenvalue weighted by molar-refractivity contribution is 7.18. The van der Waals surface area contributed by atoms with Crippen molar-refractivity contribution in [1.29, 1.82) is 0 Å². The van der Waals surface area contributed by atoms with Crippen LogP contribution in [0.2, 0.25) is 0 Å². The van der Waals surface area contributed by atoms with Crippen LogP contribution < -0.4 is 4.90 Å². The molecule has 0 amide bonds. The summed E-state index contributed by atoms with van der Waals surface area (Å²) in [4.78, 5) is 21.0. The number of anilines is 1. The summed E-state index contributed by atoms with van der Waals surface area (Å²) in [5.74, 6) is 1.13. The molecule has 2 aliphatic heterocycles. The molecule has 2 fully saturated rings. The van der Waals surface area contributed by atoms with Gasteiger partial charge in [-0.05, 0) is 25.8 Å². The number of hydrogen-bond acceptors (Lipinski definition) is 6. The summed E-state index contributed by atoms with van der Waals surface area (Å²) in [6.45, 7) is 9.02. The second kappa shape index (κ2) is 6.27. The van der Waals surface area contributed by atoms with Crippen LogP contribution in [-0.2, 0) is 13.5 Å². The lowest BCUT2D eigenvalue weighted by molar-refractivity contribution is -0.0139. The maximum Gasteiger partial charge on any atom is 0.140 e. The fourth-order valence-electron chi connectivity index (χ4n) is 4.74. The summed E-state index contributed by atoms with van der Waals surface area (Å²) >= 11 is 1.80. The van der Waals surface area contributed by atoms with Gasteiger partial charge in [0.2, 0.25) is 0 Å². The van der Waals surface area contributed by atoms with Crippen LogP contribution in [-0.4, -0.2) is 50.6 Å². The molecule has 5 heterocycles. The minimum Gasteiger partial charge on any atom is -0.355 e. The summed E-state index contributed by atoms with van der Waals surface area (Å²) in [6.07, 6.45) is 7.93. The number of thiophene rings is 1. The van der Waals surface area contributed by atoms with Crippen molar-refractivity contribution in [2.75, 3.05) is 31.1 Å². The van der Waals surface area contributed by atoms with Gasteiger partial charge in [0, 0.05) is 55.8 Å². The SMILES string of the molecule is CCc1cc2c(N3CCC4(C3)CN([C@H](C)c3cncn3C)C4)ncnc2s1. The Morgan fingerprint density at radius 3 is 2.85 bits per heavy atom. The molecule has 2 aliphatic rings. The molecule has 27 heavy (non-hydrogen) atoms. The van der Waals surface area contributed by atoms with Crippen LogP contribution in [0.3, 0.4) is 0 Å². The van der Waals surface area contributed by atoms with Gasteiger partial charge in [-0.2, -0.15) is 0 Å². The van der Waals surface area contributed by atoms with Gasteiger partial charge in [0.05, 0.1) is 17.4 Å². The Bertz CT molecular complexity index is 970. The van der Waals surface area contributed by atoms with Gasteiger partial charge in [0.25, 0.3) is 0 Å². The zero-order valence-corrected chi connectivity index (χ0v) is 17.0. The number of hydrogen-bond donors (Lipinski definition) is 0. The third-order valence-corrected chi connectivity index (χ3v) is 7.54. The number of likely N-dealkylation sites (tertiary alicyclic amines) is 1. The second-order valence-electron chi connectivity index (χ2n) is 8.16. The molecule has 7 heteroatoms. The Hall–Kier alpha value is -1.99. The van der Waals surface area contributed by atoms with Crippen molar-refractivity contribution in [2.45, 2.75) is 32.7 Å². The Morgan fingerprint density at radius 2 is 2.11 bits per heavy atom. The molecular weight excluding hydrogens is 356 g/mol. The van der Waals surface area contributed by atoms with E-state index in [1.54, 1.807) is 17.7 Å². The molecule has 0 radical (unpaired) electrons. The molecule has 2 saturated heterocycles. The maximum absolute atomic E-state index is 4.66. The van der Waals surface area contributed by atoms with E-state index in [2.05, 4.69) is 56.3 Å². The summed E-state index contributed by atoms with van der Waals surface area (Å²) in [5.41, 5.74) is 1.70. The van der Waals surface area contributed by atoms with Crippen molar-refractivity contribution < 1.29 is 0 Å². The average molecular weight is 383 g/mol. The maximum atomic E-state index is 4.66. The highest BCUT2D eigenvalue weighted by Crippen LogP contribution is 2.45. The molecule has 142 valence electrons. The number of aryl methyl sites for hydroxylation is 2. The third kappa shape index (κ3) is 2.75. The molecule has 0 aliphatic carbocycles. The fraction of sp³-hybridized carbons (Fsp3) is 0.550. The Morgan fingerprint density at radius 1 is 1.26 bits per heavy atom. The molecule has 0 bridgehead atoms. The lowest BCUT2D eigenvalue weighted by atomic mass is 9.78. The number of rotatable bonds is 4. The van der Waals surface area contributed by atoms with Crippen molar-refractivity contribution in [2.24, 2.45) is 12.5 Å². The predicted octanol–water partition coefficient (Wildman–Crippen LogP) is 3.26. The lowest BCUT2D eigenvalue weighted by Crippen LogP contribution is -2.58. The van der Waals surface area contributed by atoms with Gasteiger partial charge in [-0.25, -0.2) is 15.0 Å². The molecular formula is C20H26N6S. The van der Waals surface area contributed by atoms with Crippen molar-refractivity contribution >= 4 is 27.4 Å². The van der Waals surface area contributed by atoms with Gasteiger partial charge >= 0.3 is 0 Å². The number of imidazole rings is 1. The largest absolute Gasteiger partial charge is 0.355 e. The van der Waals surface area contributed by atoms with Crippen molar-refractivity contribution in [3.63, 3.8) is 0 Å². The van der Waals surface area contributed by atoms with E-state index in [9.17, 15) is 0 Å². The molecule has 6 nitrogen and oxygen atoms in total. The highest BCUT2D eigenvalue weighted by Gasteiger charge is 2.49. The average Bonchev–Trinajstić information content (AvgIpc) is 3.36. The van der Waals surface area contributed by atoms with Gasteiger partial charge in [0.1, 0.15) is 17.0 Å². The van der Waals surface area contributed by atoms with E-state index < -0.39 is 0 Å². The van der Waals surface area contributed by atoms with Gasteiger partial charge < -0.3 is 9.47 Å². The van der Waals surface area contributed by atoms with E-state index in [0.717, 1.165) is 43.2 Å². The van der Waals surface area contributed by atoms with Crippen LogP contribution in [0.4, 0.5) is 5.82 Å². The first-order chi connectivity index (χ1) is 13.1. The van der Waals surface area contributed by atoms with Crippen LogP contribution in [0.1, 0.15) is 36.9 Å². The minimum atomic E-state index is 0.410. The van der Waals surface area contributed by atoms with Crippen LogP contribution in [0.15, 0.2) is 24.9 Å². The van der Waals surface area contributed by atoms with E-state index in [-0.39, 0.29) is 0 Å². The van der Waals surface area contributed by atoms with Crippen LogP contribution in [0, 0.1) is 5.41 Å². The highest BCUT2D eigenvalue weighted by atomic mass is 32.1. The van der Waals surface area contributed by atoms with Crippen molar-refractivity contribution in [3.8, 4) is 0 Å². The standard InChI is InChI=1S/C20H26N6S/c1-4-15-7-16-18(22-12-23-19(16)27-15)25-6-5-20(9-25)10-26(11-20)14(2)17-8-21-13-24(17)3/h7-8,12-14H,4-6,9-11H2,1-3H3/t14-/m1/s1. The number of aromatic nitrogens is 4. The first-order valence-electron chi connectivity index (χ1n) is 9.77. The number of nitrogens with zero attached hydrogens (tertiary/aromatic N) is 6. The predicted molar refractivity (Wildman–Crippen MR) is 109 cm³/mol. The first-order valence-corrected chi connectivity index (χ1v) is 10.6. The Kier molecular flexibility index (Phi) is 3.98. The topological polar surface area (TPSA) is 50.1 Å². The smallest absolute Gasteiger partial charge is 0.140 e. The van der Waals surface area contributed by atoms with E-state index in [4.69, 9.17) is 0 Å². The molecule has 0 saturated carbocycles. The van der Waals surface area contributed by atoms with E-state index in [1.165, 1.54) is 22.4 Å². The third-order valence-electron chi connectivity index (χ3n) is 6.35. The molecule has 3 aromatic rings. The van der Waals surface area contributed by atoms with Crippen LogP contribution in [0.5, 0.6) is 0 Å². The molecule has 0 aromatic carbocycles.